The van der Waals surface area contributed by atoms with Gasteiger partial charge in [-0.3, -0.25) is 9.69 Å². The van der Waals surface area contributed by atoms with Crippen LogP contribution in [0, 0.1) is 6.92 Å². The molecule has 1 aromatic heterocycles. The van der Waals surface area contributed by atoms with Gasteiger partial charge in [-0.25, -0.2) is 0 Å². The van der Waals surface area contributed by atoms with Gasteiger partial charge in [0.2, 0.25) is 17.6 Å². The van der Waals surface area contributed by atoms with E-state index in [1.807, 2.05) is 50.4 Å². The summed E-state index contributed by atoms with van der Waals surface area (Å²) in [5.41, 5.74) is 2.60. The van der Waals surface area contributed by atoms with Crippen molar-refractivity contribution in [2.24, 2.45) is 0 Å². The normalized spacial score (nSPS) is 10.9. The van der Waals surface area contributed by atoms with Gasteiger partial charge in [0.25, 0.3) is 0 Å². The van der Waals surface area contributed by atoms with Crippen LogP contribution in [0.5, 0.6) is 0 Å². The lowest BCUT2D eigenvalue weighted by atomic mass is 10.1. The van der Waals surface area contributed by atoms with E-state index >= 15 is 0 Å². The molecule has 0 saturated heterocycles. The van der Waals surface area contributed by atoms with Crippen molar-refractivity contribution in [3.63, 3.8) is 0 Å². The van der Waals surface area contributed by atoms with Gasteiger partial charge in [-0.1, -0.05) is 53.2 Å². The van der Waals surface area contributed by atoms with Crippen LogP contribution < -0.4 is 5.32 Å². The summed E-state index contributed by atoms with van der Waals surface area (Å²) in [5, 5.41) is 7.32. The quantitative estimate of drug-likeness (QED) is 0.715. The molecule has 3 rings (SSSR count). The van der Waals surface area contributed by atoms with Crippen LogP contribution in [0.3, 0.4) is 0 Å². The predicted molar refractivity (Wildman–Crippen MR) is 101 cm³/mol. The van der Waals surface area contributed by atoms with Gasteiger partial charge in [-0.05, 0) is 31.7 Å². The molecule has 1 heterocycles. The van der Waals surface area contributed by atoms with E-state index in [1.165, 1.54) is 0 Å². The topological polar surface area (TPSA) is 71.3 Å². The molecular weight excluding hydrogens is 352 g/mol. The fraction of sp³-hybridized carbons (Fsp3) is 0.211. The first-order valence-electron chi connectivity index (χ1n) is 8.14. The first-order chi connectivity index (χ1) is 12.5. The number of hydrogen-bond donors (Lipinski definition) is 1. The lowest BCUT2D eigenvalue weighted by Crippen LogP contribution is -2.30. The zero-order valence-corrected chi connectivity index (χ0v) is 15.3. The first-order valence-corrected chi connectivity index (χ1v) is 8.52. The van der Waals surface area contributed by atoms with Crippen molar-refractivity contribution in [2.45, 2.75) is 13.5 Å². The second-order valence-electron chi connectivity index (χ2n) is 6.03. The maximum absolute atomic E-state index is 12.2. The standard InChI is InChI=1S/C19H19ClN4O2/c1-13-7-3-4-8-14(13)19-22-18(26-23-19)12-24(2)11-17(25)21-16-10-6-5-9-15(16)20/h3-10H,11-12H2,1-2H3,(H,21,25). The zero-order chi connectivity index (χ0) is 18.5. The highest BCUT2D eigenvalue weighted by molar-refractivity contribution is 6.33. The fourth-order valence-electron chi connectivity index (χ4n) is 2.54. The molecule has 0 aliphatic rings. The molecular formula is C19H19ClN4O2. The van der Waals surface area contributed by atoms with Crippen molar-refractivity contribution in [1.29, 1.82) is 0 Å². The third-order valence-corrected chi connectivity index (χ3v) is 4.15. The molecule has 0 radical (unpaired) electrons. The number of carbonyl (C=O) groups is 1. The van der Waals surface area contributed by atoms with Crippen LogP contribution in [0.4, 0.5) is 5.69 Å². The number of anilines is 1. The minimum atomic E-state index is -0.167. The number of nitrogens with zero attached hydrogens (tertiary/aromatic N) is 3. The molecule has 0 saturated carbocycles. The Labute approximate surface area is 156 Å². The number of rotatable bonds is 6. The maximum Gasteiger partial charge on any atom is 0.241 e. The van der Waals surface area contributed by atoms with Crippen LogP contribution in [0.1, 0.15) is 11.5 Å². The molecule has 1 amide bonds. The van der Waals surface area contributed by atoms with Crippen LogP contribution in [0.25, 0.3) is 11.4 Å². The zero-order valence-electron chi connectivity index (χ0n) is 14.6. The van der Waals surface area contributed by atoms with E-state index in [2.05, 4.69) is 15.5 Å². The Hall–Kier alpha value is -2.70. The average molecular weight is 371 g/mol. The van der Waals surface area contributed by atoms with E-state index in [0.717, 1.165) is 11.1 Å². The molecule has 2 aromatic carbocycles. The highest BCUT2D eigenvalue weighted by atomic mass is 35.5. The Morgan fingerprint density at radius 3 is 2.69 bits per heavy atom. The van der Waals surface area contributed by atoms with Crippen molar-refractivity contribution in [1.82, 2.24) is 15.0 Å². The van der Waals surface area contributed by atoms with Crippen LogP contribution in [0.15, 0.2) is 53.1 Å². The minimum Gasteiger partial charge on any atom is -0.338 e. The summed E-state index contributed by atoms with van der Waals surface area (Å²) in [6, 6.07) is 15.0. The number of likely N-dealkylation sites (N-methyl/N-ethyl adjacent to an activating group) is 1. The molecule has 134 valence electrons. The van der Waals surface area contributed by atoms with Crippen molar-refractivity contribution < 1.29 is 9.32 Å². The third-order valence-electron chi connectivity index (χ3n) is 3.82. The second kappa shape index (κ2) is 8.12. The highest BCUT2D eigenvalue weighted by Crippen LogP contribution is 2.21. The Bertz CT molecular complexity index is 910. The maximum atomic E-state index is 12.2. The molecule has 7 heteroatoms. The summed E-state index contributed by atoms with van der Waals surface area (Å²) < 4.78 is 5.31. The first kappa shape index (κ1) is 18.1. The van der Waals surface area contributed by atoms with Gasteiger partial charge in [0.15, 0.2) is 0 Å². The molecule has 0 fully saturated rings. The highest BCUT2D eigenvalue weighted by Gasteiger charge is 2.14. The number of benzene rings is 2. The monoisotopic (exact) mass is 370 g/mol. The summed E-state index contributed by atoms with van der Waals surface area (Å²) in [6.07, 6.45) is 0. The van der Waals surface area contributed by atoms with E-state index in [4.69, 9.17) is 16.1 Å². The van der Waals surface area contributed by atoms with E-state index in [9.17, 15) is 4.79 Å². The van der Waals surface area contributed by atoms with Crippen LogP contribution in [-0.2, 0) is 11.3 Å². The Kier molecular flexibility index (Phi) is 5.65. The van der Waals surface area contributed by atoms with Crippen molar-refractivity contribution >= 4 is 23.2 Å². The summed E-state index contributed by atoms with van der Waals surface area (Å²) in [4.78, 5) is 18.4. The third kappa shape index (κ3) is 4.47. The van der Waals surface area contributed by atoms with Crippen LogP contribution >= 0.6 is 11.6 Å². The number of nitrogens with one attached hydrogen (secondary N) is 1. The summed E-state index contributed by atoms with van der Waals surface area (Å²) in [6.45, 7) is 2.54. The van der Waals surface area contributed by atoms with Crippen LogP contribution in [0.2, 0.25) is 5.02 Å². The SMILES string of the molecule is Cc1ccccc1-c1noc(CN(C)CC(=O)Nc2ccccc2Cl)n1. The molecule has 3 aromatic rings. The van der Waals surface area contributed by atoms with Gasteiger partial charge >= 0.3 is 0 Å². The van der Waals surface area contributed by atoms with Crippen LogP contribution in [-0.4, -0.2) is 34.5 Å². The average Bonchev–Trinajstić information content (AvgIpc) is 3.05. The Morgan fingerprint density at radius 1 is 1.19 bits per heavy atom. The molecule has 1 N–H and O–H groups in total. The smallest absolute Gasteiger partial charge is 0.241 e. The number of halogens is 1. The number of carbonyl (C=O) groups excluding carboxylic acids is 1. The van der Waals surface area contributed by atoms with Gasteiger partial charge < -0.3 is 9.84 Å². The lowest BCUT2D eigenvalue weighted by molar-refractivity contribution is -0.117. The van der Waals surface area contributed by atoms with Gasteiger partial charge in [0.05, 0.1) is 23.8 Å². The summed E-state index contributed by atoms with van der Waals surface area (Å²) in [7, 11) is 1.81. The Morgan fingerprint density at radius 2 is 1.92 bits per heavy atom. The number of aromatic nitrogens is 2. The van der Waals surface area contributed by atoms with Crippen molar-refractivity contribution in [3.05, 3.63) is 65.0 Å². The van der Waals surface area contributed by atoms with Gasteiger partial charge in [-0.15, -0.1) is 0 Å². The van der Waals surface area contributed by atoms with Crippen molar-refractivity contribution in [3.8, 4) is 11.4 Å². The molecule has 0 unspecified atom stereocenters. The van der Waals surface area contributed by atoms with E-state index < -0.39 is 0 Å². The van der Waals surface area contributed by atoms with E-state index in [0.29, 0.717) is 29.0 Å². The number of amides is 1. The van der Waals surface area contributed by atoms with Gasteiger partial charge in [0.1, 0.15) is 0 Å². The van der Waals surface area contributed by atoms with E-state index in [-0.39, 0.29) is 12.5 Å². The molecule has 0 aliphatic heterocycles. The predicted octanol–water partition coefficient (Wildman–Crippen LogP) is 3.77. The molecule has 0 atom stereocenters. The number of aryl methyl sites for hydroxylation is 1. The second-order valence-corrected chi connectivity index (χ2v) is 6.43. The molecule has 0 bridgehead atoms. The number of hydrogen-bond acceptors (Lipinski definition) is 5. The molecule has 0 aliphatic carbocycles. The largest absolute Gasteiger partial charge is 0.338 e. The summed E-state index contributed by atoms with van der Waals surface area (Å²) >= 11 is 6.05. The van der Waals surface area contributed by atoms with Gasteiger partial charge in [0, 0.05) is 5.56 Å². The molecule has 0 spiro atoms. The van der Waals surface area contributed by atoms with Crippen molar-refractivity contribution in [2.75, 3.05) is 18.9 Å². The molecule has 26 heavy (non-hydrogen) atoms. The Balaban J connectivity index is 1.59. The number of para-hydroxylation sites is 1. The minimum absolute atomic E-state index is 0.167. The molecule has 6 nitrogen and oxygen atoms in total. The lowest BCUT2D eigenvalue weighted by Gasteiger charge is -2.14. The van der Waals surface area contributed by atoms with E-state index in [1.54, 1.807) is 17.0 Å². The fourth-order valence-corrected chi connectivity index (χ4v) is 2.72. The summed E-state index contributed by atoms with van der Waals surface area (Å²) in [5.74, 6) is 0.836. The van der Waals surface area contributed by atoms with Gasteiger partial charge in [-0.2, -0.15) is 4.98 Å².